The fourth-order valence-electron chi connectivity index (χ4n) is 5.17. The minimum Gasteiger partial charge on any atom is -0.324 e. The fourth-order valence-corrected chi connectivity index (χ4v) is 5.17. The minimum atomic E-state index is 1.21. The number of quaternary nitrogens is 2. The summed E-state index contributed by atoms with van der Waals surface area (Å²) in [6.45, 7) is 9.97. The number of rotatable bonds is 27. The molecule has 0 unspecified atom stereocenters. The second-order valence-electron chi connectivity index (χ2n) is 12.8. The minimum absolute atomic E-state index is 1.21. The second-order valence-corrected chi connectivity index (χ2v) is 12.8. The van der Waals surface area contributed by atoms with Crippen LogP contribution in [-0.2, 0) is 0 Å². The van der Waals surface area contributed by atoms with Crippen molar-refractivity contribution in [2.75, 3.05) is 54.4 Å². The van der Waals surface area contributed by atoms with Crippen molar-refractivity contribution < 1.29 is 8.97 Å². The van der Waals surface area contributed by atoms with Crippen molar-refractivity contribution in [1.82, 2.24) is 0 Å². The lowest BCUT2D eigenvalue weighted by Gasteiger charge is -2.36. The van der Waals surface area contributed by atoms with Crippen LogP contribution in [0.15, 0.2) is 0 Å². The Labute approximate surface area is 218 Å². The van der Waals surface area contributed by atoms with Crippen molar-refractivity contribution in [2.45, 2.75) is 155 Å². The molecule has 0 fully saturated rings. The van der Waals surface area contributed by atoms with E-state index in [4.69, 9.17) is 0 Å². The number of nitrogens with zero attached hydrogens (tertiary/aromatic N) is 2. The molecular weight excluding hydrogens is 412 g/mol. The highest BCUT2D eigenvalue weighted by Gasteiger charge is 2.22. The molecule has 206 valence electrons. The molecule has 0 rings (SSSR count). The maximum Gasteiger partial charge on any atom is 0.128 e. The summed E-state index contributed by atoms with van der Waals surface area (Å²) >= 11 is 0. The number of hydrogen-bond acceptors (Lipinski definition) is 0. The maximum atomic E-state index is 2.46. The van der Waals surface area contributed by atoms with Gasteiger partial charge in [-0.25, -0.2) is 0 Å². The Morgan fingerprint density at radius 2 is 0.471 bits per heavy atom. The molecule has 0 saturated heterocycles. The van der Waals surface area contributed by atoms with E-state index < -0.39 is 0 Å². The second kappa shape index (κ2) is 23.3. The van der Waals surface area contributed by atoms with Crippen LogP contribution in [0.25, 0.3) is 0 Å². The van der Waals surface area contributed by atoms with E-state index >= 15 is 0 Å². The predicted octanol–water partition coefficient (Wildman–Crippen LogP) is 9.76. The molecule has 0 N–H and O–H groups in total. The molecule has 0 saturated carbocycles. The topological polar surface area (TPSA) is 0 Å². The molecule has 0 bridgehead atoms. The molecule has 0 aliphatic rings. The van der Waals surface area contributed by atoms with Crippen molar-refractivity contribution in [3.63, 3.8) is 0 Å². The average molecular weight is 483 g/mol. The first-order valence-corrected chi connectivity index (χ1v) is 16.0. The molecular formula is C32H70N2+2. The van der Waals surface area contributed by atoms with Crippen LogP contribution in [0.1, 0.15) is 155 Å². The summed E-state index contributed by atoms with van der Waals surface area (Å²) in [5.41, 5.74) is 0. The van der Waals surface area contributed by atoms with Gasteiger partial charge in [0, 0.05) is 0 Å². The first-order chi connectivity index (χ1) is 16.3. The van der Waals surface area contributed by atoms with Crippen LogP contribution < -0.4 is 0 Å². The molecule has 0 atom stereocenters. The molecule has 0 aromatic carbocycles. The van der Waals surface area contributed by atoms with E-state index in [1.165, 1.54) is 176 Å². The first kappa shape index (κ1) is 33.9. The summed E-state index contributed by atoms with van der Waals surface area (Å²) in [6.07, 6.45) is 31.8. The third-order valence-corrected chi connectivity index (χ3v) is 8.04. The van der Waals surface area contributed by atoms with E-state index in [-0.39, 0.29) is 0 Å². The zero-order valence-electron chi connectivity index (χ0n) is 25.3. The van der Waals surface area contributed by atoms with Gasteiger partial charge in [0.1, 0.15) is 13.1 Å². The van der Waals surface area contributed by atoms with Crippen LogP contribution in [0.4, 0.5) is 0 Å². The van der Waals surface area contributed by atoms with Gasteiger partial charge in [-0.2, -0.15) is 0 Å². The molecule has 0 heterocycles. The average Bonchev–Trinajstić information content (AvgIpc) is 2.80. The summed E-state index contributed by atoms with van der Waals surface area (Å²) in [7, 11) is 9.83. The highest BCUT2D eigenvalue weighted by molar-refractivity contribution is 4.50. The van der Waals surface area contributed by atoms with E-state index in [2.05, 4.69) is 42.0 Å². The van der Waals surface area contributed by atoms with Gasteiger partial charge >= 0.3 is 0 Å². The molecule has 0 aromatic heterocycles. The lowest BCUT2D eigenvalue weighted by Crippen LogP contribution is -2.51. The predicted molar refractivity (Wildman–Crippen MR) is 157 cm³/mol. The SMILES string of the molecule is CCCCCCCCCCCCC[N+](C)(C)CC[N+](C)(C)CCCCCCCCCCCCC. The van der Waals surface area contributed by atoms with E-state index in [1.807, 2.05) is 0 Å². The Bertz CT molecular complexity index is 364. The summed E-state index contributed by atoms with van der Waals surface area (Å²) in [5.74, 6) is 0. The lowest BCUT2D eigenvalue weighted by molar-refractivity contribution is -0.946. The third-order valence-electron chi connectivity index (χ3n) is 8.04. The number of hydrogen-bond donors (Lipinski definition) is 0. The van der Waals surface area contributed by atoms with Gasteiger partial charge < -0.3 is 8.97 Å². The van der Waals surface area contributed by atoms with E-state index in [0.717, 1.165) is 0 Å². The highest BCUT2D eigenvalue weighted by atomic mass is 15.4. The Morgan fingerprint density at radius 3 is 0.706 bits per heavy atom. The van der Waals surface area contributed by atoms with Crippen molar-refractivity contribution in [2.24, 2.45) is 0 Å². The standard InChI is InChI=1S/C32H70N2/c1-7-9-11-13-15-17-19-21-23-25-27-29-33(3,4)31-32-34(5,6)30-28-26-24-22-20-18-16-14-12-10-8-2/h7-32H2,1-6H3/q+2. The molecule has 0 aliphatic heterocycles. The smallest absolute Gasteiger partial charge is 0.128 e. The summed E-state index contributed by atoms with van der Waals surface area (Å²) in [6, 6.07) is 0. The van der Waals surface area contributed by atoms with Gasteiger partial charge in [-0.05, 0) is 25.7 Å². The van der Waals surface area contributed by atoms with Crippen molar-refractivity contribution >= 4 is 0 Å². The first-order valence-electron chi connectivity index (χ1n) is 16.0. The molecule has 2 nitrogen and oxygen atoms in total. The number of likely N-dealkylation sites (N-methyl/N-ethyl adjacent to an activating group) is 2. The molecule has 0 radical (unpaired) electrons. The maximum absolute atomic E-state index is 2.46. The van der Waals surface area contributed by atoms with Crippen LogP contribution in [0.5, 0.6) is 0 Å². The monoisotopic (exact) mass is 483 g/mol. The number of unbranched alkanes of at least 4 members (excludes halogenated alkanes) is 20. The van der Waals surface area contributed by atoms with Gasteiger partial charge in [0.15, 0.2) is 0 Å². The van der Waals surface area contributed by atoms with Gasteiger partial charge in [-0.1, -0.05) is 129 Å². The summed E-state index contributed by atoms with van der Waals surface area (Å²) in [5, 5.41) is 0. The highest BCUT2D eigenvalue weighted by Crippen LogP contribution is 2.14. The van der Waals surface area contributed by atoms with Crippen LogP contribution in [0, 0.1) is 0 Å². The molecule has 0 aliphatic carbocycles. The fraction of sp³-hybridized carbons (Fsp3) is 1.00. The largest absolute Gasteiger partial charge is 0.324 e. The molecule has 0 spiro atoms. The van der Waals surface area contributed by atoms with Gasteiger partial charge in [-0.15, -0.1) is 0 Å². The molecule has 2 heteroatoms. The quantitative estimate of drug-likeness (QED) is 0.0807. The lowest BCUT2D eigenvalue weighted by atomic mass is 10.1. The zero-order chi connectivity index (χ0) is 25.4. The van der Waals surface area contributed by atoms with Gasteiger partial charge in [0.05, 0.1) is 41.3 Å². The van der Waals surface area contributed by atoms with Crippen LogP contribution in [0.3, 0.4) is 0 Å². The Morgan fingerprint density at radius 1 is 0.265 bits per heavy atom. The van der Waals surface area contributed by atoms with Gasteiger partial charge in [0.2, 0.25) is 0 Å². The zero-order valence-corrected chi connectivity index (χ0v) is 25.3. The van der Waals surface area contributed by atoms with E-state index in [1.54, 1.807) is 0 Å². The molecule has 0 aromatic rings. The van der Waals surface area contributed by atoms with Crippen molar-refractivity contribution in [1.29, 1.82) is 0 Å². The van der Waals surface area contributed by atoms with Crippen molar-refractivity contribution in [3.8, 4) is 0 Å². The van der Waals surface area contributed by atoms with Crippen LogP contribution in [-0.4, -0.2) is 63.3 Å². The van der Waals surface area contributed by atoms with E-state index in [9.17, 15) is 0 Å². The van der Waals surface area contributed by atoms with Crippen LogP contribution >= 0.6 is 0 Å². The Balaban J connectivity index is 3.60. The summed E-state index contributed by atoms with van der Waals surface area (Å²) in [4.78, 5) is 0. The van der Waals surface area contributed by atoms with E-state index in [0.29, 0.717) is 0 Å². The van der Waals surface area contributed by atoms with Crippen LogP contribution in [0.2, 0.25) is 0 Å². The third kappa shape index (κ3) is 25.0. The van der Waals surface area contributed by atoms with Crippen molar-refractivity contribution in [3.05, 3.63) is 0 Å². The van der Waals surface area contributed by atoms with Gasteiger partial charge in [0.25, 0.3) is 0 Å². The normalized spacial score (nSPS) is 12.5. The molecule has 0 amide bonds. The summed E-state index contributed by atoms with van der Waals surface area (Å²) < 4.78 is 2.41. The van der Waals surface area contributed by atoms with Gasteiger partial charge in [-0.3, -0.25) is 0 Å². The Kier molecular flexibility index (Phi) is 23.3. The Hall–Kier alpha value is -0.0800. The molecule has 34 heavy (non-hydrogen) atoms.